The first kappa shape index (κ1) is 11.5. The van der Waals surface area contributed by atoms with Crippen LogP contribution in [0.3, 0.4) is 0 Å². The van der Waals surface area contributed by atoms with Gasteiger partial charge in [-0.2, -0.15) is 0 Å². The Labute approximate surface area is 101 Å². The molecular weight excluding hydrogens is 212 g/mol. The van der Waals surface area contributed by atoms with Crippen molar-refractivity contribution in [1.82, 2.24) is 4.98 Å². The van der Waals surface area contributed by atoms with Crippen molar-refractivity contribution >= 4 is 5.69 Å². The molecule has 1 N–H and O–H groups in total. The monoisotopic (exact) mass is 228 g/mol. The highest BCUT2D eigenvalue weighted by atomic mass is 16.5. The lowest BCUT2D eigenvalue weighted by Gasteiger charge is -2.08. The van der Waals surface area contributed by atoms with E-state index < -0.39 is 0 Å². The maximum atomic E-state index is 5.53. The van der Waals surface area contributed by atoms with Crippen LogP contribution in [0.1, 0.15) is 5.56 Å². The topological polar surface area (TPSA) is 34.1 Å². The lowest BCUT2D eigenvalue weighted by Crippen LogP contribution is -2.11. The predicted octanol–water partition coefficient (Wildman–Crippen LogP) is 2.88. The first-order valence-corrected chi connectivity index (χ1v) is 5.68. The molecule has 1 heterocycles. The minimum absolute atomic E-state index is 0.625. The van der Waals surface area contributed by atoms with Gasteiger partial charge in [-0.25, -0.2) is 0 Å². The van der Waals surface area contributed by atoms with Crippen LogP contribution in [0.5, 0.6) is 5.75 Å². The fraction of sp³-hybridized carbons (Fsp3) is 0.214. The molecule has 3 heteroatoms. The van der Waals surface area contributed by atoms with Crippen molar-refractivity contribution in [2.45, 2.75) is 6.92 Å². The average molecular weight is 228 g/mol. The van der Waals surface area contributed by atoms with Crippen molar-refractivity contribution in [3.8, 4) is 5.75 Å². The molecule has 0 aliphatic heterocycles. The molecule has 17 heavy (non-hydrogen) atoms. The van der Waals surface area contributed by atoms with Crippen molar-refractivity contribution in [2.24, 2.45) is 0 Å². The smallest absolute Gasteiger partial charge is 0.137 e. The van der Waals surface area contributed by atoms with Crippen LogP contribution in [0.25, 0.3) is 0 Å². The molecule has 0 unspecified atom stereocenters. The minimum atomic E-state index is 0.625. The molecule has 0 saturated heterocycles. The van der Waals surface area contributed by atoms with E-state index in [1.807, 2.05) is 18.2 Å². The van der Waals surface area contributed by atoms with E-state index >= 15 is 0 Å². The zero-order chi connectivity index (χ0) is 11.9. The summed E-state index contributed by atoms with van der Waals surface area (Å²) in [6, 6.07) is 12.1. The molecule has 1 aromatic carbocycles. The number of nitrogens with zero attached hydrogens (tertiary/aromatic N) is 1. The van der Waals surface area contributed by atoms with E-state index in [1.54, 1.807) is 12.4 Å². The third-order valence-corrected chi connectivity index (χ3v) is 2.35. The molecule has 0 fully saturated rings. The van der Waals surface area contributed by atoms with Crippen LogP contribution in [-0.4, -0.2) is 18.1 Å². The molecule has 88 valence electrons. The number of aryl methyl sites for hydroxylation is 1. The van der Waals surface area contributed by atoms with Crippen molar-refractivity contribution in [3.05, 3.63) is 54.4 Å². The van der Waals surface area contributed by atoms with Gasteiger partial charge < -0.3 is 10.1 Å². The quantitative estimate of drug-likeness (QED) is 0.799. The second-order valence-corrected chi connectivity index (χ2v) is 3.83. The summed E-state index contributed by atoms with van der Waals surface area (Å²) >= 11 is 0. The van der Waals surface area contributed by atoms with Gasteiger partial charge in [0.2, 0.25) is 0 Å². The summed E-state index contributed by atoms with van der Waals surface area (Å²) < 4.78 is 5.53. The number of anilines is 1. The van der Waals surface area contributed by atoms with E-state index in [-0.39, 0.29) is 0 Å². The number of aromatic nitrogens is 1. The zero-order valence-electron chi connectivity index (χ0n) is 9.89. The summed E-state index contributed by atoms with van der Waals surface area (Å²) in [7, 11) is 0. The molecule has 0 aliphatic carbocycles. The molecule has 3 nitrogen and oxygen atoms in total. The number of pyridine rings is 1. The number of hydrogen-bond acceptors (Lipinski definition) is 3. The predicted molar refractivity (Wildman–Crippen MR) is 69.4 cm³/mol. The maximum Gasteiger partial charge on any atom is 0.137 e. The highest BCUT2D eigenvalue weighted by Gasteiger charge is 1.94. The molecule has 0 atom stereocenters. The van der Waals surface area contributed by atoms with E-state index in [0.717, 1.165) is 18.0 Å². The summed E-state index contributed by atoms with van der Waals surface area (Å²) in [5.41, 5.74) is 2.38. The van der Waals surface area contributed by atoms with Crippen LogP contribution in [0.4, 0.5) is 5.69 Å². The van der Waals surface area contributed by atoms with Gasteiger partial charge in [0.05, 0.1) is 6.20 Å². The van der Waals surface area contributed by atoms with Gasteiger partial charge in [0.1, 0.15) is 12.4 Å². The molecule has 0 bridgehead atoms. The van der Waals surface area contributed by atoms with Gasteiger partial charge in [-0.1, -0.05) is 12.1 Å². The largest absolute Gasteiger partial charge is 0.490 e. The third-order valence-electron chi connectivity index (χ3n) is 2.35. The summed E-state index contributed by atoms with van der Waals surface area (Å²) in [5, 5.41) is 3.31. The van der Waals surface area contributed by atoms with Crippen LogP contribution in [0, 0.1) is 6.92 Å². The van der Waals surface area contributed by atoms with E-state index in [2.05, 4.69) is 35.4 Å². The second kappa shape index (κ2) is 5.89. The van der Waals surface area contributed by atoms with Gasteiger partial charge in [-0.05, 0) is 36.8 Å². The first-order valence-electron chi connectivity index (χ1n) is 5.68. The summed E-state index contributed by atoms with van der Waals surface area (Å²) in [6.45, 7) is 3.48. The van der Waals surface area contributed by atoms with Crippen LogP contribution in [0.15, 0.2) is 48.8 Å². The van der Waals surface area contributed by atoms with Crippen molar-refractivity contribution in [3.63, 3.8) is 0 Å². The molecular formula is C14H16N2O. The fourth-order valence-electron chi connectivity index (χ4n) is 1.55. The van der Waals surface area contributed by atoms with Gasteiger partial charge in [0.15, 0.2) is 0 Å². The fourth-order valence-corrected chi connectivity index (χ4v) is 1.55. The van der Waals surface area contributed by atoms with E-state index in [0.29, 0.717) is 6.61 Å². The number of hydrogen-bond donors (Lipinski definition) is 1. The van der Waals surface area contributed by atoms with Gasteiger partial charge >= 0.3 is 0 Å². The van der Waals surface area contributed by atoms with Crippen molar-refractivity contribution < 1.29 is 4.74 Å². The van der Waals surface area contributed by atoms with Crippen LogP contribution in [-0.2, 0) is 0 Å². The Balaban J connectivity index is 1.73. The Bertz CT molecular complexity index is 457. The molecule has 2 aromatic rings. The first-order chi connectivity index (χ1) is 8.34. The lowest BCUT2D eigenvalue weighted by atomic mass is 10.2. The van der Waals surface area contributed by atoms with Crippen molar-refractivity contribution in [2.75, 3.05) is 18.5 Å². The molecule has 0 radical (unpaired) electrons. The Morgan fingerprint density at radius 2 is 2.18 bits per heavy atom. The zero-order valence-corrected chi connectivity index (χ0v) is 9.89. The normalized spacial score (nSPS) is 9.94. The van der Waals surface area contributed by atoms with Crippen LogP contribution >= 0.6 is 0 Å². The van der Waals surface area contributed by atoms with E-state index in [4.69, 9.17) is 4.74 Å². The third kappa shape index (κ3) is 3.79. The summed E-state index contributed by atoms with van der Waals surface area (Å²) in [4.78, 5) is 3.99. The van der Waals surface area contributed by atoms with Gasteiger partial charge in [0.25, 0.3) is 0 Å². The second-order valence-electron chi connectivity index (χ2n) is 3.83. The SMILES string of the molecule is Cc1cccc(NCCOc2cccnc2)c1. The maximum absolute atomic E-state index is 5.53. The van der Waals surface area contributed by atoms with Gasteiger partial charge in [-0.3, -0.25) is 4.98 Å². The molecule has 0 spiro atoms. The Kier molecular flexibility index (Phi) is 3.97. The number of nitrogens with one attached hydrogen (secondary N) is 1. The van der Waals surface area contributed by atoms with Crippen LogP contribution < -0.4 is 10.1 Å². The van der Waals surface area contributed by atoms with Gasteiger partial charge in [-0.15, -0.1) is 0 Å². The molecule has 0 saturated carbocycles. The Hall–Kier alpha value is -2.03. The molecule has 1 aromatic heterocycles. The highest BCUT2D eigenvalue weighted by molar-refractivity contribution is 5.45. The molecule has 2 rings (SSSR count). The molecule has 0 amide bonds. The Morgan fingerprint density at radius 3 is 2.94 bits per heavy atom. The van der Waals surface area contributed by atoms with Crippen LogP contribution in [0.2, 0.25) is 0 Å². The van der Waals surface area contributed by atoms with E-state index in [1.165, 1.54) is 5.56 Å². The highest BCUT2D eigenvalue weighted by Crippen LogP contribution is 2.09. The standard InChI is InChI=1S/C14H16N2O/c1-12-4-2-5-13(10-12)16-8-9-17-14-6-3-7-15-11-14/h2-7,10-11,16H,8-9H2,1H3. The number of rotatable bonds is 5. The number of benzene rings is 1. The lowest BCUT2D eigenvalue weighted by molar-refractivity contribution is 0.331. The van der Waals surface area contributed by atoms with Crippen molar-refractivity contribution in [1.29, 1.82) is 0 Å². The van der Waals surface area contributed by atoms with Gasteiger partial charge in [0, 0.05) is 18.4 Å². The molecule has 0 aliphatic rings. The minimum Gasteiger partial charge on any atom is -0.490 e. The summed E-state index contributed by atoms with van der Waals surface area (Å²) in [6.07, 6.45) is 3.45. The van der Waals surface area contributed by atoms with E-state index in [9.17, 15) is 0 Å². The summed E-state index contributed by atoms with van der Waals surface area (Å²) in [5.74, 6) is 0.804. The Morgan fingerprint density at radius 1 is 1.24 bits per heavy atom. The number of ether oxygens (including phenoxy) is 1. The average Bonchev–Trinajstić information content (AvgIpc) is 2.36.